The zero-order valence-electron chi connectivity index (χ0n) is 17.9. The van der Waals surface area contributed by atoms with E-state index in [9.17, 15) is 4.79 Å². The molecule has 0 N–H and O–H groups in total. The summed E-state index contributed by atoms with van der Waals surface area (Å²) in [4.78, 5) is 14.9. The average Bonchev–Trinajstić information content (AvgIpc) is 3.44. The Morgan fingerprint density at radius 1 is 1.00 bits per heavy atom. The second-order valence-corrected chi connectivity index (χ2v) is 8.35. The summed E-state index contributed by atoms with van der Waals surface area (Å²) in [6, 6.07) is 16.5. The van der Waals surface area contributed by atoms with Crippen molar-refractivity contribution < 1.29 is 19.0 Å². The zero-order chi connectivity index (χ0) is 20.9. The molecule has 1 heterocycles. The molecule has 5 nitrogen and oxygen atoms in total. The molecule has 2 aliphatic rings. The quantitative estimate of drug-likeness (QED) is 0.634. The fourth-order valence-electron chi connectivity index (χ4n) is 4.79. The van der Waals surface area contributed by atoms with Gasteiger partial charge in [-0.05, 0) is 48.9 Å². The van der Waals surface area contributed by atoms with Crippen molar-refractivity contribution in [3.8, 4) is 11.5 Å². The van der Waals surface area contributed by atoms with E-state index in [0.29, 0.717) is 6.54 Å². The smallest absolute Gasteiger partial charge is 0.310 e. The van der Waals surface area contributed by atoms with Crippen LogP contribution in [0.3, 0.4) is 0 Å². The minimum Gasteiger partial charge on any atom is -0.493 e. The lowest BCUT2D eigenvalue weighted by atomic mass is 9.89. The van der Waals surface area contributed by atoms with Gasteiger partial charge >= 0.3 is 5.97 Å². The number of benzene rings is 2. The van der Waals surface area contributed by atoms with E-state index in [4.69, 9.17) is 14.2 Å². The van der Waals surface area contributed by atoms with E-state index in [1.807, 2.05) is 12.1 Å². The molecule has 4 rings (SSSR count). The van der Waals surface area contributed by atoms with Gasteiger partial charge in [-0.1, -0.05) is 36.4 Å². The normalized spacial score (nSPS) is 22.2. The topological polar surface area (TPSA) is 48.0 Å². The van der Waals surface area contributed by atoms with Crippen LogP contribution in [0.1, 0.15) is 42.7 Å². The molecule has 1 saturated carbocycles. The Morgan fingerprint density at radius 3 is 2.47 bits per heavy atom. The first kappa shape index (κ1) is 20.7. The van der Waals surface area contributed by atoms with Crippen LogP contribution in [-0.2, 0) is 16.1 Å². The molecule has 0 bridgehead atoms. The van der Waals surface area contributed by atoms with Gasteiger partial charge in [-0.25, -0.2) is 0 Å². The van der Waals surface area contributed by atoms with Gasteiger partial charge in [-0.3, -0.25) is 9.69 Å². The summed E-state index contributed by atoms with van der Waals surface area (Å²) in [5.74, 6) is 1.26. The third-order valence-electron chi connectivity index (χ3n) is 6.36. The van der Waals surface area contributed by atoms with Gasteiger partial charge in [0, 0.05) is 25.6 Å². The van der Waals surface area contributed by atoms with Crippen LogP contribution >= 0.6 is 0 Å². The molecule has 2 aromatic rings. The molecule has 30 heavy (non-hydrogen) atoms. The lowest BCUT2D eigenvalue weighted by Crippen LogP contribution is -2.24. The molecule has 0 amide bonds. The predicted octanol–water partition coefficient (Wildman–Crippen LogP) is 4.41. The van der Waals surface area contributed by atoms with Gasteiger partial charge in [0.15, 0.2) is 11.5 Å². The van der Waals surface area contributed by atoms with Gasteiger partial charge in [0.05, 0.1) is 26.2 Å². The van der Waals surface area contributed by atoms with Crippen LogP contribution in [0.25, 0.3) is 0 Å². The van der Waals surface area contributed by atoms with Crippen LogP contribution in [0.5, 0.6) is 11.5 Å². The maximum atomic E-state index is 12.6. The van der Waals surface area contributed by atoms with Crippen molar-refractivity contribution in [2.75, 3.05) is 27.3 Å². The number of esters is 1. The minimum atomic E-state index is -0.188. The van der Waals surface area contributed by atoms with E-state index >= 15 is 0 Å². The van der Waals surface area contributed by atoms with Crippen LogP contribution in [-0.4, -0.2) is 44.3 Å². The second-order valence-electron chi connectivity index (χ2n) is 8.35. The number of rotatable bonds is 7. The van der Waals surface area contributed by atoms with Crippen molar-refractivity contribution in [1.29, 1.82) is 0 Å². The Bertz CT molecular complexity index is 847. The van der Waals surface area contributed by atoms with E-state index in [2.05, 4.69) is 41.3 Å². The first-order valence-corrected chi connectivity index (χ1v) is 10.9. The van der Waals surface area contributed by atoms with E-state index in [1.54, 1.807) is 7.11 Å². The van der Waals surface area contributed by atoms with Crippen molar-refractivity contribution in [1.82, 2.24) is 4.90 Å². The summed E-state index contributed by atoms with van der Waals surface area (Å²) < 4.78 is 17.0. The Hall–Kier alpha value is -2.53. The number of nitrogens with zero attached hydrogens (tertiary/aromatic N) is 1. The van der Waals surface area contributed by atoms with Crippen LogP contribution in [0.2, 0.25) is 0 Å². The van der Waals surface area contributed by atoms with Crippen LogP contribution in [0, 0.1) is 5.92 Å². The summed E-state index contributed by atoms with van der Waals surface area (Å²) in [6.45, 7) is 2.33. The van der Waals surface area contributed by atoms with Gasteiger partial charge in [0.1, 0.15) is 0 Å². The molecule has 0 aromatic heterocycles. The van der Waals surface area contributed by atoms with Crippen molar-refractivity contribution >= 4 is 5.97 Å². The maximum absolute atomic E-state index is 12.6. The molecule has 2 aromatic carbocycles. The number of methoxy groups -OCH3 is 2. The number of ether oxygens (including phenoxy) is 3. The Labute approximate surface area is 178 Å². The first-order chi connectivity index (χ1) is 14.7. The Kier molecular flexibility index (Phi) is 6.58. The molecule has 1 aliphatic carbocycles. The SMILES string of the molecule is COC(=O)C1CN(Cc2ccccc2)CC1c1ccc(OC)c(OC2CCCC2)c1. The van der Waals surface area contributed by atoms with Crippen LogP contribution in [0.4, 0.5) is 0 Å². The average molecular weight is 410 g/mol. The van der Waals surface area contributed by atoms with Crippen molar-refractivity contribution in [2.24, 2.45) is 5.92 Å². The van der Waals surface area contributed by atoms with Gasteiger partial charge in [0.2, 0.25) is 0 Å². The van der Waals surface area contributed by atoms with E-state index in [-0.39, 0.29) is 23.9 Å². The summed E-state index contributed by atoms with van der Waals surface area (Å²) in [7, 11) is 3.15. The lowest BCUT2D eigenvalue weighted by molar-refractivity contribution is -0.145. The number of carbonyl (C=O) groups is 1. The second kappa shape index (κ2) is 9.52. The highest BCUT2D eigenvalue weighted by Gasteiger charge is 2.39. The first-order valence-electron chi connectivity index (χ1n) is 10.9. The lowest BCUT2D eigenvalue weighted by Gasteiger charge is -2.21. The molecule has 2 fully saturated rings. The largest absolute Gasteiger partial charge is 0.493 e. The monoisotopic (exact) mass is 409 g/mol. The number of carbonyl (C=O) groups excluding carboxylic acids is 1. The molecule has 2 unspecified atom stereocenters. The summed E-state index contributed by atoms with van der Waals surface area (Å²) in [5.41, 5.74) is 2.36. The van der Waals surface area contributed by atoms with E-state index < -0.39 is 0 Å². The van der Waals surface area contributed by atoms with Gasteiger partial charge < -0.3 is 14.2 Å². The summed E-state index contributed by atoms with van der Waals surface area (Å²) in [5, 5.41) is 0. The standard InChI is InChI=1S/C25H31NO4/c1-28-23-13-12-19(14-24(23)30-20-10-6-7-11-20)21-16-26(17-22(21)25(27)29-2)15-18-8-4-3-5-9-18/h3-5,8-9,12-14,20-22H,6-7,10-11,15-17H2,1-2H3. The summed E-state index contributed by atoms with van der Waals surface area (Å²) >= 11 is 0. The Morgan fingerprint density at radius 2 is 1.77 bits per heavy atom. The van der Waals surface area contributed by atoms with Crippen LogP contribution in [0.15, 0.2) is 48.5 Å². The van der Waals surface area contributed by atoms with Gasteiger partial charge in [-0.2, -0.15) is 0 Å². The number of hydrogen-bond acceptors (Lipinski definition) is 5. The fourth-order valence-corrected chi connectivity index (χ4v) is 4.79. The highest BCUT2D eigenvalue weighted by molar-refractivity contribution is 5.74. The fraction of sp³-hybridized carbons (Fsp3) is 0.480. The molecule has 0 radical (unpaired) electrons. The summed E-state index contributed by atoms with van der Waals surface area (Å²) in [6.07, 6.45) is 4.87. The maximum Gasteiger partial charge on any atom is 0.310 e. The van der Waals surface area contributed by atoms with Crippen molar-refractivity contribution in [3.05, 3.63) is 59.7 Å². The third kappa shape index (κ3) is 4.62. The van der Waals surface area contributed by atoms with Crippen molar-refractivity contribution in [3.63, 3.8) is 0 Å². The molecule has 0 spiro atoms. The Balaban J connectivity index is 1.57. The predicted molar refractivity (Wildman–Crippen MR) is 116 cm³/mol. The highest BCUT2D eigenvalue weighted by Crippen LogP contribution is 2.39. The molecular weight excluding hydrogens is 378 g/mol. The molecule has 160 valence electrons. The molecule has 2 atom stereocenters. The van der Waals surface area contributed by atoms with Gasteiger partial charge in [0.25, 0.3) is 0 Å². The van der Waals surface area contributed by atoms with Crippen molar-refractivity contribution in [2.45, 2.75) is 44.2 Å². The molecule has 1 saturated heterocycles. The zero-order valence-corrected chi connectivity index (χ0v) is 17.9. The third-order valence-corrected chi connectivity index (χ3v) is 6.36. The van der Waals surface area contributed by atoms with Crippen LogP contribution < -0.4 is 9.47 Å². The minimum absolute atomic E-state index is 0.0676. The highest BCUT2D eigenvalue weighted by atomic mass is 16.5. The van der Waals surface area contributed by atoms with Gasteiger partial charge in [-0.15, -0.1) is 0 Å². The molecule has 1 aliphatic heterocycles. The number of likely N-dealkylation sites (tertiary alicyclic amines) is 1. The van der Waals surface area contributed by atoms with E-state index in [1.165, 1.54) is 25.5 Å². The number of hydrogen-bond donors (Lipinski definition) is 0. The molecular formula is C25H31NO4. The van der Waals surface area contributed by atoms with E-state index in [0.717, 1.165) is 43.0 Å². The molecule has 5 heteroatoms.